The number of halogens is 1. The summed E-state index contributed by atoms with van der Waals surface area (Å²) >= 11 is 3.56. The van der Waals surface area contributed by atoms with Crippen LogP contribution in [0.3, 0.4) is 0 Å². The topological polar surface area (TPSA) is 39.7 Å². The quantitative estimate of drug-likeness (QED) is 0.661. The number of nitrogens with one attached hydrogen (secondary N) is 1. The van der Waals surface area contributed by atoms with Crippen LogP contribution in [-0.2, 0) is 16.0 Å². The van der Waals surface area contributed by atoms with Crippen LogP contribution in [-0.4, -0.2) is 40.1 Å². The maximum atomic E-state index is 5.89. The molecule has 1 unspecified atom stereocenters. The van der Waals surface area contributed by atoms with Gasteiger partial charge in [0.25, 0.3) is 0 Å². The lowest BCUT2D eigenvalue weighted by atomic mass is 10.2. The van der Waals surface area contributed by atoms with Crippen molar-refractivity contribution in [2.45, 2.75) is 26.0 Å². The Kier molecular flexibility index (Phi) is 8.85. The van der Waals surface area contributed by atoms with E-state index in [1.54, 1.807) is 14.2 Å². The second-order valence-corrected chi connectivity index (χ2v) is 5.49. The molecular weight excluding hydrogens is 322 g/mol. The van der Waals surface area contributed by atoms with Crippen LogP contribution in [0.2, 0.25) is 0 Å². The van der Waals surface area contributed by atoms with Crippen LogP contribution in [0, 0.1) is 0 Å². The van der Waals surface area contributed by atoms with E-state index in [0.717, 1.165) is 29.7 Å². The first kappa shape index (κ1) is 17.4. The van der Waals surface area contributed by atoms with Gasteiger partial charge in [-0.2, -0.15) is 0 Å². The molecule has 0 fully saturated rings. The van der Waals surface area contributed by atoms with E-state index in [0.29, 0.717) is 13.2 Å². The van der Waals surface area contributed by atoms with Crippen LogP contribution >= 0.6 is 15.9 Å². The Morgan fingerprint density at radius 1 is 1.20 bits per heavy atom. The Morgan fingerprint density at radius 3 is 2.65 bits per heavy atom. The summed E-state index contributed by atoms with van der Waals surface area (Å²) in [4.78, 5) is 0. The normalized spacial score (nSPS) is 12.4. The number of hydrogen-bond acceptors (Lipinski definition) is 4. The number of benzene rings is 1. The Morgan fingerprint density at radius 2 is 1.95 bits per heavy atom. The molecule has 0 aliphatic heterocycles. The molecule has 1 aromatic carbocycles. The number of methoxy groups -OCH3 is 2. The summed E-state index contributed by atoms with van der Waals surface area (Å²) in [7, 11) is 3.41. The molecule has 0 saturated carbocycles. The zero-order chi connectivity index (χ0) is 14.8. The maximum absolute atomic E-state index is 5.89. The average molecular weight is 346 g/mol. The lowest BCUT2D eigenvalue weighted by molar-refractivity contribution is 0.135. The van der Waals surface area contributed by atoms with Crippen LogP contribution < -0.4 is 10.1 Å². The van der Waals surface area contributed by atoms with Crippen molar-refractivity contribution in [3.8, 4) is 5.75 Å². The molecule has 0 amide bonds. The summed E-state index contributed by atoms with van der Waals surface area (Å²) in [5.41, 5.74) is 1.18. The minimum absolute atomic E-state index is 0.144. The SMILES string of the molecule is COCCNCc1cc(OC(C)CCOC)ccc1Br. The minimum Gasteiger partial charge on any atom is -0.491 e. The fourth-order valence-electron chi connectivity index (χ4n) is 1.73. The zero-order valence-electron chi connectivity index (χ0n) is 12.4. The molecule has 0 aliphatic rings. The van der Waals surface area contributed by atoms with Gasteiger partial charge >= 0.3 is 0 Å². The molecule has 0 bridgehead atoms. The number of ether oxygens (including phenoxy) is 3. The summed E-state index contributed by atoms with van der Waals surface area (Å²) in [6, 6.07) is 6.06. The maximum Gasteiger partial charge on any atom is 0.120 e. The lowest BCUT2D eigenvalue weighted by Crippen LogP contribution is -2.19. The largest absolute Gasteiger partial charge is 0.491 e. The van der Waals surface area contributed by atoms with Gasteiger partial charge in [-0.3, -0.25) is 0 Å². The highest BCUT2D eigenvalue weighted by Crippen LogP contribution is 2.23. The third kappa shape index (κ3) is 6.70. The molecule has 5 heteroatoms. The molecule has 0 saturated heterocycles. The van der Waals surface area contributed by atoms with Crippen LogP contribution in [0.5, 0.6) is 5.75 Å². The molecule has 4 nitrogen and oxygen atoms in total. The van der Waals surface area contributed by atoms with Crippen molar-refractivity contribution in [2.24, 2.45) is 0 Å². The summed E-state index contributed by atoms with van der Waals surface area (Å²) in [6.07, 6.45) is 1.03. The number of rotatable bonds is 10. The molecule has 1 atom stereocenters. The van der Waals surface area contributed by atoms with Crippen molar-refractivity contribution >= 4 is 15.9 Å². The van der Waals surface area contributed by atoms with Crippen LogP contribution in [0.1, 0.15) is 18.9 Å². The van der Waals surface area contributed by atoms with E-state index in [9.17, 15) is 0 Å². The summed E-state index contributed by atoms with van der Waals surface area (Å²) in [5, 5.41) is 3.33. The van der Waals surface area contributed by atoms with E-state index >= 15 is 0 Å². The van der Waals surface area contributed by atoms with E-state index in [4.69, 9.17) is 14.2 Å². The third-order valence-corrected chi connectivity index (χ3v) is 3.65. The Labute approximate surface area is 129 Å². The van der Waals surface area contributed by atoms with Gasteiger partial charge in [-0.15, -0.1) is 0 Å². The van der Waals surface area contributed by atoms with Gasteiger partial charge in [-0.25, -0.2) is 0 Å². The highest BCUT2D eigenvalue weighted by atomic mass is 79.9. The first-order valence-corrected chi connectivity index (χ1v) is 7.60. The molecule has 1 rings (SSSR count). The first-order chi connectivity index (χ1) is 9.67. The second-order valence-electron chi connectivity index (χ2n) is 4.63. The monoisotopic (exact) mass is 345 g/mol. The van der Waals surface area contributed by atoms with E-state index in [1.165, 1.54) is 5.56 Å². The fourth-order valence-corrected chi connectivity index (χ4v) is 2.12. The molecule has 114 valence electrons. The fraction of sp³-hybridized carbons (Fsp3) is 0.600. The highest BCUT2D eigenvalue weighted by Gasteiger charge is 2.06. The van der Waals surface area contributed by atoms with Crippen molar-refractivity contribution in [1.82, 2.24) is 5.32 Å². The average Bonchev–Trinajstić information content (AvgIpc) is 2.44. The molecule has 1 aromatic rings. The Hall–Kier alpha value is -0.620. The summed E-state index contributed by atoms with van der Waals surface area (Å²) in [6.45, 7) is 5.09. The first-order valence-electron chi connectivity index (χ1n) is 6.81. The van der Waals surface area contributed by atoms with Gasteiger partial charge in [-0.05, 0) is 30.7 Å². The molecule has 0 aliphatic carbocycles. The van der Waals surface area contributed by atoms with Crippen molar-refractivity contribution < 1.29 is 14.2 Å². The van der Waals surface area contributed by atoms with Crippen molar-refractivity contribution in [1.29, 1.82) is 0 Å². The van der Waals surface area contributed by atoms with E-state index in [2.05, 4.69) is 34.2 Å². The Bertz CT molecular complexity index is 387. The zero-order valence-corrected chi connectivity index (χ0v) is 14.0. The van der Waals surface area contributed by atoms with E-state index < -0.39 is 0 Å². The van der Waals surface area contributed by atoms with Gasteiger partial charge in [0.15, 0.2) is 0 Å². The predicted molar refractivity (Wildman–Crippen MR) is 84.3 cm³/mol. The smallest absolute Gasteiger partial charge is 0.120 e. The van der Waals surface area contributed by atoms with Crippen LogP contribution in [0.4, 0.5) is 0 Å². The molecule has 0 radical (unpaired) electrons. The lowest BCUT2D eigenvalue weighted by Gasteiger charge is -2.16. The molecule has 0 spiro atoms. The Balaban J connectivity index is 2.52. The van der Waals surface area contributed by atoms with E-state index in [-0.39, 0.29) is 6.10 Å². The third-order valence-electron chi connectivity index (χ3n) is 2.88. The van der Waals surface area contributed by atoms with Gasteiger partial charge in [0.1, 0.15) is 5.75 Å². The molecule has 20 heavy (non-hydrogen) atoms. The van der Waals surface area contributed by atoms with Crippen molar-refractivity contribution in [2.75, 3.05) is 34.0 Å². The van der Waals surface area contributed by atoms with Gasteiger partial charge in [-0.1, -0.05) is 15.9 Å². The van der Waals surface area contributed by atoms with Crippen LogP contribution in [0.25, 0.3) is 0 Å². The highest BCUT2D eigenvalue weighted by molar-refractivity contribution is 9.10. The van der Waals surface area contributed by atoms with Crippen molar-refractivity contribution in [3.63, 3.8) is 0 Å². The van der Waals surface area contributed by atoms with Crippen molar-refractivity contribution in [3.05, 3.63) is 28.2 Å². The molecular formula is C15H24BrNO3. The molecule has 0 heterocycles. The number of hydrogen-bond donors (Lipinski definition) is 1. The predicted octanol–water partition coefficient (Wildman–Crippen LogP) is 2.99. The summed E-state index contributed by atoms with van der Waals surface area (Å²) in [5.74, 6) is 0.889. The molecule has 1 N–H and O–H groups in total. The molecule has 0 aromatic heterocycles. The van der Waals surface area contributed by atoms with E-state index in [1.807, 2.05) is 12.1 Å². The second kappa shape index (κ2) is 10.2. The van der Waals surface area contributed by atoms with Crippen LogP contribution in [0.15, 0.2) is 22.7 Å². The van der Waals surface area contributed by atoms with Gasteiger partial charge < -0.3 is 19.5 Å². The standard InChI is InChI=1S/C15H24BrNO3/c1-12(6-8-18-2)20-14-4-5-15(16)13(10-14)11-17-7-9-19-3/h4-5,10,12,17H,6-9,11H2,1-3H3. The van der Waals surface area contributed by atoms with Gasteiger partial charge in [0.05, 0.1) is 12.7 Å². The van der Waals surface area contributed by atoms with Gasteiger partial charge in [0.2, 0.25) is 0 Å². The van der Waals surface area contributed by atoms with Gasteiger partial charge in [0, 0.05) is 44.8 Å². The summed E-state index contributed by atoms with van der Waals surface area (Å²) < 4.78 is 17.0. The minimum atomic E-state index is 0.144.